The third kappa shape index (κ3) is 5.88. The van der Waals surface area contributed by atoms with E-state index in [9.17, 15) is 4.79 Å². The number of nitrogens with two attached hydrogens (primary N) is 1. The van der Waals surface area contributed by atoms with E-state index >= 15 is 0 Å². The number of primary amides is 1. The minimum Gasteiger partial charge on any atom is -0.497 e. The number of ether oxygens (including phenoxy) is 3. The molecule has 3 N–H and O–H groups in total. The van der Waals surface area contributed by atoms with Crippen LogP contribution >= 0.6 is 0 Å². The Labute approximate surface area is 140 Å². The first-order valence-corrected chi connectivity index (χ1v) is 7.25. The van der Waals surface area contributed by atoms with Gasteiger partial charge < -0.3 is 19.9 Å². The van der Waals surface area contributed by atoms with Crippen LogP contribution in [-0.2, 0) is 0 Å². The number of hydrazone groups is 1. The summed E-state index contributed by atoms with van der Waals surface area (Å²) in [4.78, 5) is 10.5. The first-order chi connectivity index (χ1) is 11.7. The maximum Gasteiger partial charge on any atom is 0.332 e. The Morgan fingerprint density at radius 2 is 1.75 bits per heavy atom. The number of rotatable bonds is 8. The lowest BCUT2D eigenvalue weighted by atomic mass is 10.2. The average Bonchev–Trinajstić information content (AvgIpc) is 2.60. The molecule has 2 amide bonds. The second-order valence-electron chi connectivity index (χ2n) is 4.68. The van der Waals surface area contributed by atoms with Crippen LogP contribution in [0.4, 0.5) is 4.79 Å². The number of nitrogens with one attached hydrogen (secondary N) is 1. The Balaban J connectivity index is 1.74. The molecule has 0 bridgehead atoms. The van der Waals surface area contributed by atoms with E-state index in [4.69, 9.17) is 19.9 Å². The van der Waals surface area contributed by atoms with Gasteiger partial charge in [0.1, 0.15) is 30.5 Å². The molecule has 0 atom stereocenters. The first-order valence-electron chi connectivity index (χ1n) is 7.25. The standard InChI is InChI=1S/C17H19N3O4/c1-22-15-3-2-4-16(11-15)24-10-9-23-14-7-5-13(6-8-14)12-19-20-17(18)21/h2-8,11-12H,9-10H2,1H3,(H3,18,20,21)/b19-12-. The Morgan fingerprint density at radius 1 is 1.08 bits per heavy atom. The monoisotopic (exact) mass is 329 g/mol. The molecule has 7 nitrogen and oxygen atoms in total. The van der Waals surface area contributed by atoms with E-state index in [1.807, 2.05) is 36.4 Å². The molecule has 0 saturated heterocycles. The van der Waals surface area contributed by atoms with Gasteiger partial charge in [0.25, 0.3) is 0 Å². The molecule has 2 rings (SSSR count). The SMILES string of the molecule is COc1cccc(OCCOc2ccc(/C=N\NC(N)=O)cc2)c1. The van der Waals surface area contributed by atoms with Crippen LogP contribution < -0.4 is 25.4 Å². The Bertz CT molecular complexity index is 686. The van der Waals surface area contributed by atoms with E-state index in [0.717, 1.165) is 17.1 Å². The summed E-state index contributed by atoms with van der Waals surface area (Å²) in [5, 5.41) is 3.67. The van der Waals surface area contributed by atoms with Gasteiger partial charge in [-0.1, -0.05) is 6.07 Å². The number of hydrogen-bond donors (Lipinski definition) is 2. The van der Waals surface area contributed by atoms with Crippen molar-refractivity contribution in [3.8, 4) is 17.2 Å². The van der Waals surface area contributed by atoms with Gasteiger partial charge in [0.05, 0.1) is 13.3 Å². The molecule has 0 aromatic heterocycles. The predicted molar refractivity (Wildman–Crippen MR) is 90.7 cm³/mol. The van der Waals surface area contributed by atoms with Crippen molar-refractivity contribution in [1.82, 2.24) is 5.43 Å². The lowest BCUT2D eigenvalue weighted by Crippen LogP contribution is -2.24. The summed E-state index contributed by atoms with van der Waals surface area (Å²) >= 11 is 0. The topological polar surface area (TPSA) is 95.2 Å². The van der Waals surface area contributed by atoms with Crippen molar-refractivity contribution in [2.75, 3.05) is 20.3 Å². The third-order valence-corrected chi connectivity index (χ3v) is 2.93. The molecular weight excluding hydrogens is 310 g/mol. The first kappa shape index (κ1) is 17.1. The summed E-state index contributed by atoms with van der Waals surface area (Å²) in [5.41, 5.74) is 7.84. The molecule has 0 radical (unpaired) electrons. The smallest absolute Gasteiger partial charge is 0.332 e. The van der Waals surface area contributed by atoms with Crippen LogP contribution in [0, 0.1) is 0 Å². The van der Waals surface area contributed by atoms with Crippen LogP contribution in [0.15, 0.2) is 53.6 Å². The number of methoxy groups -OCH3 is 1. The highest BCUT2D eigenvalue weighted by Gasteiger charge is 1.98. The molecule has 0 aliphatic rings. The second-order valence-corrected chi connectivity index (χ2v) is 4.68. The van der Waals surface area contributed by atoms with E-state index in [-0.39, 0.29) is 0 Å². The fourth-order valence-corrected chi connectivity index (χ4v) is 1.83. The van der Waals surface area contributed by atoms with Crippen LogP contribution in [0.5, 0.6) is 17.2 Å². The summed E-state index contributed by atoms with van der Waals surface area (Å²) in [7, 11) is 1.61. The van der Waals surface area contributed by atoms with Crippen molar-refractivity contribution in [3.63, 3.8) is 0 Å². The Kier molecular flexibility index (Phi) is 6.46. The maximum atomic E-state index is 10.5. The molecule has 24 heavy (non-hydrogen) atoms. The zero-order valence-corrected chi connectivity index (χ0v) is 13.3. The van der Waals surface area contributed by atoms with Crippen LogP contribution in [0.25, 0.3) is 0 Å². The summed E-state index contributed by atoms with van der Waals surface area (Å²) in [5.74, 6) is 2.19. The Morgan fingerprint density at radius 3 is 2.42 bits per heavy atom. The largest absolute Gasteiger partial charge is 0.497 e. The molecule has 0 unspecified atom stereocenters. The zero-order chi connectivity index (χ0) is 17.2. The molecule has 0 spiro atoms. The van der Waals surface area contributed by atoms with Crippen molar-refractivity contribution in [2.45, 2.75) is 0 Å². The normalized spacial score (nSPS) is 10.4. The average molecular weight is 329 g/mol. The minimum atomic E-state index is -0.706. The fourth-order valence-electron chi connectivity index (χ4n) is 1.83. The quantitative estimate of drug-likeness (QED) is 0.441. The number of carbonyl (C=O) groups is 1. The highest BCUT2D eigenvalue weighted by atomic mass is 16.5. The van der Waals surface area contributed by atoms with E-state index in [1.54, 1.807) is 19.2 Å². The fraction of sp³-hybridized carbons (Fsp3) is 0.176. The molecule has 2 aromatic rings. The number of amides is 2. The molecule has 2 aromatic carbocycles. The molecular formula is C17H19N3O4. The van der Waals surface area contributed by atoms with Gasteiger partial charge in [0.2, 0.25) is 0 Å². The molecule has 126 valence electrons. The van der Waals surface area contributed by atoms with E-state index in [1.165, 1.54) is 6.21 Å². The van der Waals surface area contributed by atoms with Gasteiger partial charge in [-0.2, -0.15) is 5.10 Å². The number of urea groups is 1. The van der Waals surface area contributed by atoms with Crippen molar-refractivity contribution >= 4 is 12.2 Å². The Hall–Kier alpha value is -3.22. The van der Waals surface area contributed by atoms with Crippen molar-refractivity contribution in [1.29, 1.82) is 0 Å². The minimum absolute atomic E-state index is 0.411. The third-order valence-electron chi connectivity index (χ3n) is 2.93. The van der Waals surface area contributed by atoms with E-state index in [2.05, 4.69) is 10.5 Å². The van der Waals surface area contributed by atoms with Gasteiger partial charge in [0.15, 0.2) is 0 Å². The maximum absolute atomic E-state index is 10.5. The number of hydrogen-bond acceptors (Lipinski definition) is 5. The van der Waals surface area contributed by atoms with Crippen molar-refractivity contribution in [3.05, 3.63) is 54.1 Å². The lowest BCUT2D eigenvalue weighted by Gasteiger charge is -2.09. The molecule has 0 saturated carbocycles. The number of benzene rings is 2. The van der Waals surface area contributed by atoms with Gasteiger partial charge in [-0.25, -0.2) is 10.2 Å². The van der Waals surface area contributed by atoms with Gasteiger partial charge in [-0.05, 0) is 42.0 Å². The van der Waals surface area contributed by atoms with Gasteiger partial charge in [-0.15, -0.1) is 0 Å². The number of carbonyl (C=O) groups excluding carboxylic acids is 1. The summed E-state index contributed by atoms with van der Waals surface area (Å²) in [6.07, 6.45) is 1.49. The van der Waals surface area contributed by atoms with Gasteiger partial charge in [-0.3, -0.25) is 0 Å². The molecule has 0 aliphatic carbocycles. The highest BCUT2D eigenvalue weighted by molar-refractivity contribution is 5.81. The van der Waals surface area contributed by atoms with Crippen LogP contribution in [0.1, 0.15) is 5.56 Å². The lowest BCUT2D eigenvalue weighted by molar-refractivity contribution is 0.216. The highest BCUT2D eigenvalue weighted by Crippen LogP contribution is 2.18. The molecule has 0 heterocycles. The van der Waals surface area contributed by atoms with Gasteiger partial charge in [0, 0.05) is 6.07 Å². The van der Waals surface area contributed by atoms with Crippen molar-refractivity contribution in [2.24, 2.45) is 10.8 Å². The molecule has 7 heteroatoms. The van der Waals surface area contributed by atoms with Gasteiger partial charge >= 0.3 is 6.03 Å². The van der Waals surface area contributed by atoms with Crippen molar-refractivity contribution < 1.29 is 19.0 Å². The predicted octanol–water partition coefficient (Wildman–Crippen LogP) is 2.16. The van der Waals surface area contributed by atoms with Crippen LogP contribution in [0.3, 0.4) is 0 Å². The summed E-state index contributed by atoms with van der Waals surface area (Å²) in [6, 6.07) is 13.9. The second kappa shape index (κ2) is 9.04. The summed E-state index contributed by atoms with van der Waals surface area (Å²) < 4.78 is 16.3. The van der Waals surface area contributed by atoms with E-state index < -0.39 is 6.03 Å². The zero-order valence-electron chi connectivity index (χ0n) is 13.3. The van der Waals surface area contributed by atoms with Crippen LogP contribution in [0.2, 0.25) is 0 Å². The van der Waals surface area contributed by atoms with E-state index in [0.29, 0.717) is 19.0 Å². The molecule has 0 fully saturated rings. The van der Waals surface area contributed by atoms with Crippen LogP contribution in [-0.4, -0.2) is 32.6 Å². The summed E-state index contributed by atoms with van der Waals surface area (Å²) in [6.45, 7) is 0.826. The number of nitrogens with zero attached hydrogens (tertiary/aromatic N) is 1. The molecule has 0 aliphatic heterocycles.